The second-order valence-electron chi connectivity index (χ2n) is 4.32. The molecule has 0 N–H and O–H groups in total. The van der Waals surface area contributed by atoms with Crippen LogP contribution in [0.4, 0.5) is 5.82 Å². The monoisotopic (exact) mass is 221 g/mol. The van der Waals surface area contributed by atoms with Crippen molar-refractivity contribution in [1.29, 1.82) is 0 Å². The van der Waals surface area contributed by atoms with Gasteiger partial charge in [0.25, 0.3) is 0 Å². The van der Waals surface area contributed by atoms with Crippen molar-refractivity contribution < 1.29 is 4.74 Å². The third kappa shape index (κ3) is 2.92. The molecular weight excluding hydrogens is 202 g/mol. The Morgan fingerprint density at radius 2 is 2.31 bits per heavy atom. The molecule has 1 aliphatic carbocycles. The Morgan fingerprint density at radius 3 is 3.00 bits per heavy atom. The van der Waals surface area contributed by atoms with Gasteiger partial charge in [-0.3, -0.25) is 0 Å². The van der Waals surface area contributed by atoms with Crippen LogP contribution in [0.25, 0.3) is 0 Å². The Balaban J connectivity index is 1.93. The average molecular weight is 221 g/mol. The van der Waals surface area contributed by atoms with Crippen LogP contribution < -0.4 is 4.90 Å². The van der Waals surface area contributed by atoms with Gasteiger partial charge in [0.05, 0.1) is 0 Å². The van der Waals surface area contributed by atoms with Crippen LogP contribution in [0.5, 0.6) is 0 Å². The lowest BCUT2D eigenvalue weighted by Crippen LogP contribution is -2.21. The normalized spacial score (nSPS) is 15.1. The van der Waals surface area contributed by atoms with E-state index < -0.39 is 0 Å². The summed E-state index contributed by atoms with van der Waals surface area (Å²) in [7, 11) is 3.80. The van der Waals surface area contributed by atoms with Crippen molar-refractivity contribution >= 4 is 5.82 Å². The van der Waals surface area contributed by atoms with Crippen molar-refractivity contribution in [3.8, 4) is 0 Å². The van der Waals surface area contributed by atoms with Gasteiger partial charge in [0.1, 0.15) is 11.6 Å². The van der Waals surface area contributed by atoms with Gasteiger partial charge in [-0.25, -0.2) is 9.97 Å². The average Bonchev–Trinajstić information content (AvgIpc) is 3.13. The van der Waals surface area contributed by atoms with E-state index in [2.05, 4.69) is 21.9 Å². The lowest BCUT2D eigenvalue weighted by molar-refractivity contribution is 0.196. The maximum absolute atomic E-state index is 5.04. The van der Waals surface area contributed by atoms with Gasteiger partial charge < -0.3 is 9.64 Å². The number of ether oxygens (including phenoxy) is 1. The molecular formula is C12H19N3O. The van der Waals surface area contributed by atoms with Crippen LogP contribution in [0.15, 0.2) is 12.3 Å². The van der Waals surface area contributed by atoms with E-state index in [1.807, 2.05) is 12.3 Å². The Hall–Kier alpha value is -1.16. The van der Waals surface area contributed by atoms with Gasteiger partial charge in [0, 0.05) is 39.4 Å². The van der Waals surface area contributed by atoms with Gasteiger partial charge in [-0.2, -0.15) is 0 Å². The number of hydrogen-bond acceptors (Lipinski definition) is 4. The van der Waals surface area contributed by atoms with Crippen molar-refractivity contribution in [1.82, 2.24) is 9.97 Å². The summed E-state index contributed by atoms with van der Waals surface area (Å²) in [5.41, 5.74) is 0. The number of rotatable bonds is 6. The summed E-state index contributed by atoms with van der Waals surface area (Å²) in [6.45, 7) is 1.76. The highest BCUT2D eigenvalue weighted by Crippen LogP contribution is 2.38. The van der Waals surface area contributed by atoms with Crippen molar-refractivity contribution in [2.75, 3.05) is 32.2 Å². The van der Waals surface area contributed by atoms with Crippen LogP contribution in [0.3, 0.4) is 0 Å². The van der Waals surface area contributed by atoms with Crippen LogP contribution in [-0.2, 0) is 4.74 Å². The molecule has 1 aliphatic rings. The molecule has 4 heteroatoms. The molecule has 0 bridgehead atoms. The van der Waals surface area contributed by atoms with Gasteiger partial charge in [-0.1, -0.05) is 0 Å². The molecule has 0 aliphatic heterocycles. The third-order valence-corrected chi connectivity index (χ3v) is 2.84. The molecule has 0 spiro atoms. The lowest BCUT2D eigenvalue weighted by atomic mass is 10.3. The van der Waals surface area contributed by atoms with E-state index in [0.29, 0.717) is 5.92 Å². The molecule has 1 saturated carbocycles. The highest BCUT2D eigenvalue weighted by Gasteiger charge is 2.26. The Kier molecular flexibility index (Phi) is 3.72. The van der Waals surface area contributed by atoms with Crippen LogP contribution >= 0.6 is 0 Å². The van der Waals surface area contributed by atoms with Gasteiger partial charge in [-0.05, 0) is 25.3 Å². The topological polar surface area (TPSA) is 38.2 Å². The first-order chi connectivity index (χ1) is 7.81. The fourth-order valence-corrected chi connectivity index (χ4v) is 1.68. The standard InChI is InChI=1S/C12H19N3O/c1-15(8-3-9-16-2)11-6-7-13-12(14-11)10-4-5-10/h6-7,10H,3-5,8-9H2,1-2H3. The predicted octanol–water partition coefficient (Wildman–Crippen LogP) is 1.83. The summed E-state index contributed by atoms with van der Waals surface area (Å²) in [6, 6.07) is 1.97. The molecule has 0 amide bonds. The zero-order valence-corrected chi connectivity index (χ0v) is 10.0. The van der Waals surface area contributed by atoms with Crippen LogP contribution in [0.1, 0.15) is 31.0 Å². The fourth-order valence-electron chi connectivity index (χ4n) is 1.68. The Labute approximate surface area is 96.7 Å². The summed E-state index contributed by atoms with van der Waals surface area (Å²) in [4.78, 5) is 11.1. The van der Waals surface area contributed by atoms with E-state index in [1.165, 1.54) is 12.8 Å². The minimum Gasteiger partial charge on any atom is -0.385 e. The van der Waals surface area contributed by atoms with Gasteiger partial charge in [-0.15, -0.1) is 0 Å². The SMILES string of the molecule is COCCCN(C)c1ccnc(C2CC2)n1. The molecule has 0 saturated heterocycles. The van der Waals surface area contributed by atoms with Crippen molar-refractivity contribution in [3.05, 3.63) is 18.1 Å². The lowest BCUT2D eigenvalue weighted by Gasteiger charge is -2.18. The quantitative estimate of drug-likeness (QED) is 0.687. The zero-order chi connectivity index (χ0) is 11.4. The molecule has 0 radical (unpaired) electrons. The third-order valence-electron chi connectivity index (χ3n) is 2.84. The second kappa shape index (κ2) is 5.25. The van der Waals surface area contributed by atoms with Crippen LogP contribution in [-0.4, -0.2) is 37.3 Å². The molecule has 0 unspecified atom stereocenters. The molecule has 0 aromatic carbocycles. The smallest absolute Gasteiger partial charge is 0.133 e. The van der Waals surface area contributed by atoms with Crippen molar-refractivity contribution in [2.45, 2.75) is 25.2 Å². The summed E-state index contributed by atoms with van der Waals surface area (Å²) in [5.74, 6) is 2.65. The van der Waals surface area contributed by atoms with Gasteiger partial charge >= 0.3 is 0 Å². The number of nitrogens with zero attached hydrogens (tertiary/aromatic N) is 3. The van der Waals surface area contributed by atoms with Gasteiger partial charge in [0.2, 0.25) is 0 Å². The first-order valence-corrected chi connectivity index (χ1v) is 5.84. The van der Waals surface area contributed by atoms with E-state index in [0.717, 1.165) is 31.2 Å². The van der Waals surface area contributed by atoms with Crippen LogP contribution in [0.2, 0.25) is 0 Å². The van der Waals surface area contributed by atoms with Crippen LogP contribution in [0, 0.1) is 0 Å². The van der Waals surface area contributed by atoms with E-state index in [1.54, 1.807) is 7.11 Å². The highest BCUT2D eigenvalue weighted by molar-refractivity contribution is 5.36. The Bertz CT molecular complexity index is 339. The molecule has 88 valence electrons. The van der Waals surface area contributed by atoms with Crippen molar-refractivity contribution in [2.24, 2.45) is 0 Å². The molecule has 1 aromatic heterocycles. The van der Waals surface area contributed by atoms with E-state index in [4.69, 9.17) is 4.74 Å². The minimum atomic E-state index is 0.618. The first-order valence-electron chi connectivity index (χ1n) is 5.84. The number of anilines is 1. The van der Waals surface area contributed by atoms with E-state index in [-0.39, 0.29) is 0 Å². The summed E-state index contributed by atoms with van der Waals surface area (Å²) in [6.07, 6.45) is 5.38. The summed E-state index contributed by atoms with van der Waals surface area (Å²) in [5, 5.41) is 0. The van der Waals surface area contributed by atoms with Crippen molar-refractivity contribution in [3.63, 3.8) is 0 Å². The second-order valence-corrected chi connectivity index (χ2v) is 4.32. The molecule has 2 rings (SSSR count). The van der Waals surface area contributed by atoms with Gasteiger partial charge in [0.15, 0.2) is 0 Å². The molecule has 1 aromatic rings. The molecule has 16 heavy (non-hydrogen) atoms. The Morgan fingerprint density at radius 1 is 1.50 bits per heavy atom. The summed E-state index contributed by atoms with van der Waals surface area (Å²) < 4.78 is 5.04. The minimum absolute atomic E-state index is 0.618. The number of methoxy groups -OCH3 is 1. The molecule has 1 fully saturated rings. The van der Waals surface area contributed by atoms with E-state index >= 15 is 0 Å². The molecule has 0 atom stereocenters. The molecule has 1 heterocycles. The number of aromatic nitrogens is 2. The fraction of sp³-hybridized carbons (Fsp3) is 0.667. The van der Waals surface area contributed by atoms with E-state index in [9.17, 15) is 0 Å². The predicted molar refractivity (Wildman–Crippen MR) is 63.8 cm³/mol. The number of hydrogen-bond donors (Lipinski definition) is 0. The molecule has 4 nitrogen and oxygen atoms in total. The zero-order valence-electron chi connectivity index (χ0n) is 10.0. The maximum Gasteiger partial charge on any atom is 0.133 e. The first kappa shape index (κ1) is 11.3. The summed E-state index contributed by atoms with van der Waals surface area (Å²) >= 11 is 0. The largest absolute Gasteiger partial charge is 0.385 e. The highest BCUT2D eigenvalue weighted by atomic mass is 16.5. The maximum atomic E-state index is 5.04.